The first-order chi connectivity index (χ1) is 7.24. The van der Waals surface area contributed by atoms with Crippen LogP contribution in [0.15, 0.2) is 12.7 Å². The molecule has 2 atom stereocenters. The minimum atomic E-state index is 0.396. The fourth-order valence-electron chi connectivity index (χ4n) is 2.26. The van der Waals surface area contributed by atoms with E-state index in [0.29, 0.717) is 24.0 Å². The highest BCUT2D eigenvalue weighted by Gasteiger charge is 2.21. The fourth-order valence-corrected chi connectivity index (χ4v) is 2.26. The van der Waals surface area contributed by atoms with Gasteiger partial charge in [0.1, 0.15) is 5.78 Å². The molecule has 86 valence electrons. The highest BCUT2D eigenvalue weighted by molar-refractivity contribution is 5.78. The van der Waals surface area contributed by atoms with E-state index >= 15 is 0 Å². The monoisotopic (exact) mass is 209 g/mol. The molecule has 2 nitrogen and oxygen atoms in total. The van der Waals surface area contributed by atoms with Gasteiger partial charge in [-0.2, -0.15) is 0 Å². The van der Waals surface area contributed by atoms with Gasteiger partial charge in [-0.3, -0.25) is 4.79 Å². The summed E-state index contributed by atoms with van der Waals surface area (Å²) in [7, 11) is 0. The van der Waals surface area contributed by atoms with Crippen molar-refractivity contribution in [2.24, 2.45) is 11.8 Å². The van der Waals surface area contributed by atoms with Gasteiger partial charge in [-0.25, -0.2) is 0 Å². The molecule has 0 aromatic heterocycles. The molecule has 1 aliphatic rings. The van der Waals surface area contributed by atoms with Gasteiger partial charge in [-0.05, 0) is 44.2 Å². The molecule has 1 N–H and O–H groups in total. The number of allylic oxidation sites excluding steroid dienone is 1. The molecule has 0 aromatic rings. The summed E-state index contributed by atoms with van der Waals surface area (Å²) < 4.78 is 0. The predicted octanol–water partition coefficient (Wildman–Crippen LogP) is 2.55. The summed E-state index contributed by atoms with van der Waals surface area (Å²) in [5, 5.41) is 3.40. The van der Waals surface area contributed by atoms with Gasteiger partial charge in [-0.15, -0.1) is 6.58 Å². The molecule has 0 spiro atoms. The molecule has 1 rings (SSSR count). The Labute approximate surface area is 93.1 Å². The van der Waals surface area contributed by atoms with Crippen LogP contribution in [0.4, 0.5) is 0 Å². The summed E-state index contributed by atoms with van der Waals surface area (Å²) in [5.74, 6) is 1.63. The second-order valence-corrected chi connectivity index (χ2v) is 4.65. The largest absolute Gasteiger partial charge is 0.316 e. The van der Waals surface area contributed by atoms with Gasteiger partial charge in [0.05, 0.1) is 0 Å². The van der Waals surface area contributed by atoms with Crippen LogP contribution in [-0.2, 0) is 4.79 Å². The second-order valence-electron chi connectivity index (χ2n) is 4.65. The SMILES string of the molecule is C=CCCC(=O)CC(C)C1CCCNC1. The molecule has 1 aliphatic heterocycles. The van der Waals surface area contributed by atoms with E-state index in [1.165, 1.54) is 12.8 Å². The van der Waals surface area contributed by atoms with Crippen LogP contribution in [0.5, 0.6) is 0 Å². The van der Waals surface area contributed by atoms with Crippen molar-refractivity contribution in [2.45, 2.75) is 39.0 Å². The Morgan fingerprint density at radius 1 is 1.67 bits per heavy atom. The van der Waals surface area contributed by atoms with Crippen molar-refractivity contribution in [3.63, 3.8) is 0 Å². The third kappa shape index (κ3) is 4.61. The van der Waals surface area contributed by atoms with Crippen LogP contribution in [-0.4, -0.2) is 18.9 Å². The summed E-state index contributed by atoms with van der Waals surface area (Å²) >= 11 is 0. The molecule has 15 heavy (non-hydrogen) atoms. The van der Waals surface area contributed by atoms with Crippen molar-refractivity contribution in [1.29, 1.82) is 0 Å². The highest BCUT2D eigenvalue weighted by Crippen LogP contribution is 2.23. The van der Waals surface area contributed by atoms with E-state index in [2.05, 4.69) is 18.8 Å². The van der Waals surface area contributed by atoms with Gasteiger partial charge in [0, 0.05) is 12.8 Å². The standard InChI is InChI=1S/C13H23NO/c1-3-4-7-13(15)9-11(2)12-6-5-8-14-10-12/h3,11-12,14H,1,4-10H2,2H3. The zero-order chi connectivity index (χ0) is 11.1. The van der Waals surface area contributed by atoms with E-state index in [9.17, 15) is 4.79 Å². The normalized spacial score (nSPS) is 23.4. The number of hydrogen-bond acceptors (Lipinski definition) is 2. The smallest absolute Gasteiger partial charge is 0.133 e. The van der Waals surface area contributed by atoms with E-state index in [0.717, 1.165) is 25.9 Å². The Kier molecular flexibility index (Phi) is 5.62. The van der Waals surface area contributed by atoms with Crippen LogP contribution >= 0.6 is 0 Å². The zero-order valence-electron chi connectivity index (χ0n) is 9.80. The number of Topliss-reactive ketones (excluding diaryl/α,β-unsaturated/α-hetero) is 1. The fraction of sp³-hybridized carbons (Fsp3) is 0.769. The molecule has 0 radical (unpaired) electrons. The molecule has 0 saturated carbocycles. The maximum atomic E-state index is 11.6. The van der Waals surface area contributed by atoms with E-state index in [-0.39, 0.29) is 0 Å². The maximum Gasteiger partial charge on any atom is 0.133 e. The molecule has 0 aromatic carbocycles. The van der Waals surface area contributed by atoms with Crippen LogP contribution in [0, 0.1) is 11.8 Å². The lowest BCUT2D eigenvalue weighted by Crippen LogP contribution is -2.33. The first kappa shape index (κ1) is 12.4. The van der Waals surface area contributed by atoms with Crippen molar-refractivity contribution in [1.82, 2.24) is 5.32 Å². The first-order valence-corrected chi connectivity index (χ1v) is 6.07. The molecule has 2 unspecified atom stereocenters. The summed E-state index contributed by atoms with van der Waals surface area (Å²) in [6.07, 6.45) is 6.62. The Hall–Kier alpha value is -0.630. The summed E-state index contributed by atoms with van der Waals surface area (Å²) in [6, 6.07) is 0. The lowest BCUT2D eigenvalue weighted by molar-refractivity contribution is -0.120. The van der Waals surface area contributed by atoms with Crippen LogP contribution in [0.2, 0.25) is 0 Å². The Balaban J connectivity index is 2.23. The molecule has 0 bridgehead atoms. The van der Waals surface area contributed by atoms with Crippen molar-refractivity contribution in [2.75, 3.05) is 13.1 Å². The van der Waals surface area contributed by atoms with Crippen molar-refractivity contribution in [3.05, 3.63) is 12.7 Å². The van der Waals surface area contributed by atoms with Crippen molar-refractivity contribution in [3.8, 4) is 0 Å². The van der Waals surface area contributed by atoms with E-state index < -0.39 is 0 Å². The van der Waals surface area contributed by atoms with Crippen LogP contribution < -0.4 is 5.32 Å². The van der Waals surface area contributed by atoms with Crippen LogP contribution in [0.1, 0.15) is 39.0 Å². The van der Waals surface area contributed by atoms with Crippen molar-refractivity contribution < 1.29 is 4.79 Å². The quantitative estimate of drug-likeness (QED) is 0.681. The Morgan fingerprint density at radius 2 is 2.47 bits per heavy atom. The summed E-state index contributed by atoms with van der Waals surface area (Å²) in [6.45, 7) is 8.09. The van der Waals surface area contributed by atoms with Gasteiger partial charge >= 0.3 is 0 Å². The lowest BCUT2D eigenvalue weighted by atomic mass is 9.84. The van der Waals surface area contributed by atoms with Crippen LogP contribution in [0.25, 0.3) is 0 Å². The van der Waals surface area contributed by atoms with Gasteiger partial charge < -0.3 is 5.32 Å². The molecule has 1 fully saturated rings. The van der Waals surface area contributed by atoms with Gasteiger partial charge in [0.2, 0.25) is 0 Å². The molecular formula is C13H23NO. The average molecular weight is 209 g/mol. The number of carbonyl (C=O) groups excluding carboxylic acids is 1. The number of rotatable bonds is 6. The van der Waals surface area contributed by atoms with Crippen LogP contribution in [0.3, 0.4) is 0 Å². The molecular weight excluding hydrogens is 186 g/mol. The summed E-state index contributed by atoms with van der Waals surface area (Å²) in [5.41, 5.74) is 0. The molecule has 1 heterocycles. The minimum absolute atomic E-state index is 0.396. The summed E-state index contributed by atoms with van der Waals surface area (Å²) in [4.78, 5) is 11.6. The van der Waals surface area contributed by atoms with Gasteiger partial charge in [-0.1, -0.05) is 13.0 Å². The number of ketones is 1. The predicted molar refractivity (Wildman–Crippen MR) is 63.8 cm³/mol. The lowest BCUT2D eigenvalue weighted by Gasteiger charge is -2.27. The van der Waals surface area contributed by atoms with Gasteiger partial charge in [0.15, 0.2) is 0 Å². The maximum absolute atomic E-state index is 11.6. The third-order valence-corrected chi connectivity index (χ3v) is 3.32. The Bertz CT molecular complexity index is 207. The van der Waals surface area contributed by atoms with Gasteiger partial charge in [0.25, 0.3) is 0 Å². The number of hydrogen-bond donors (Lipinski definition) is 1. The number of piperidine rings is 1. The molecule has 0 amide bonds. The molecule has 1 saturated heterocycles. The average Bonchev–Trinajstić information content (AvgIpc) is 2.27. The van der Waals surface area contributed by atoms with E-state index in [1.54, 1.807) is 0 Å². The van der Waals surface area contributed by atoms with E-state index in [1.807, 2.05) is 6.08 Å². The molecule has 0 aliphatic carbocycles. The molecule has 2 heteroatoms. The first-order valence-electron chi connectivity index (χ1n) is 6.07. The number of nitrogens with one attached hydrogen (secondary N) is 1. The number of carbonyl (C=O) groups is 1. The zero-order valence-corrected chi connectivity index (χ0v) is 9.80. The second kappa shape index (κ2) is 6.78. The Morgan fingerprint density at radius 3 is 3.07 bits per heavy atom. The highest BCUT2D eigenvalue weighted by atomic mass is 16.1. The third-order valence-electron chi connectivity index (χ3n) is 3.32. The minimum Gasteiger partial charge on any atom is -0.316 e. The van der Waals surface area contributed by atoms with Crippen molar-refractivity contribution >= 4 is 5.78 Å². The topological polar surface area (TPSA) is 29.1 Å². The van der Waals surface area contributed by atoms with E-state index in [4.69, 9.17) is 0 Å².